The monoisotopic (exact) mass is 765 g/mol. The normalized spacial score (nSPS) is 12.1. The summed E-state index contributed by atoms with van der Waals surface area (Å²) in [4.78, 5) is 30.2. The van der Waals surface area contributed by atoms with Crippen molar-refractivity contribution >= 4 is 43.5 Å². The van der Waals surface area contributed by atoms with E-state index in [4.69, 9.17) is 14.2 Å². The molecule has 4 rings (SSSR count). The Balaban J connectivity index is 1.84. The van der Waals surface area contributed by atoms with Crippen LogP contribution in [0.3, 0.4) is 0 Å². The molecule has 4 aromatic rings. The topological polar surface area (TPSA) is 114 Å². The summed E-state index contributed by atoms with van der Waals surface area (Å²) >= 11 is 3.46. The summed E-state index contributed by atoms with van der Waals surface area (Å²) in [5.74, 6) is 0.178. The number of carbonyl (C=O) groups excluding carboxylic acids is 2. The van der Waals surface area contributed by atoms with Crippen LogP contribution in [0.25, 0.3) is 0 Å². The molecule has 10 nitrogen and oxygen atoms in total. The minimum Gasteiger partial charge on any atom is -0.494 e. The van der Waals surface area contributed by atoms with E-state index >= 15 is 0 Å². The molecule has 0 aliphatic heterocycles. The van der Waals surface area contributed by atoms with Crippen molar-refractivity contribution in [2.75, 3.05) is 31.7 Å². The van der Waals surface area contributed by atoms with Gasteiger partial charge in [-0.1, -0.05) is 58.4 Å². The van der Waals surface area contributed by atoms with Gasteiger partial charge in [0.1, 0.15) is 18.3 Å². The molecule has 12 heteroatoms. The van der Waals surface area contributed by atoms with Gasteiger partial charge in [0.15, 0.2) is 11.5 Å². The summed E-state index contributed by atoms with van der Waals surface area (Å²) in [6, 6.07) is 26.6. The number of methoxy groups -OCH3 is 2. The summed E-state index contributed by atoms with van der Waals surface area (Å²) < 4.78 is 47.2. The number of rotatable bonds is 15. The summed E-state index contributed by atoms with van der Waals surface area (Å²) in [6.07, 6.45) is 0.205. The van der Waals surface area contributed by atoms with Crippen molar-refractivity contribution < 1.29 is 32.2 Å². The predicted molar refractivity (Wildman–Crippen MR) is 198 cm³/mol. The quantitative estimate of drug-likeness (QED) is 0.145. The molecule has 50 heavy (non-hydrogen) atoms. The number of anilines is 1. The molecule has 1 atom stereocenters. The Kier molecular flexibility index (Phi) is 12.9. The molecule has 0 saturated carbocycles. The van der Waals surface area contributed by atoms with Crippen LogP contribution < -0.4 is 23.8 Å². The van der Waals surface area contributed by atoms with Crippen molar-refractivity contribution in [3.8, 4) is 17.2 Å². The Bertz CT molecular complexity index is 1850. The zero-order chi connectivity index (χ0) is 36.5. The first-order chi connectivity index (χ1) is 23.7. The van der Waals surface area contributed by atoms with E-state index in [9.17, 15) is 18.0 Å². The van der Waals surface area contributed by atoms with Crippen LogP contribution in [0.1, 0.15) is 38.8 Å². The molecule has 0 heterocycles. The first kappa shape index (κ1) is 38.3. The van der Waals surface area contributed by atoms with E-state index < -0.39 is 34.1 Å². The highest BCUT2D eigenvalue weighted by Gasteiger charge is 2.36. The van der Waals surface area contributed by atoms with E-state index in [0.29, 0.717) is 18.1 Å². The summed E-state index contributed by atoms with van der Waals surface area (Å²) in [5.41, 5.74) is 1.25. The number of halogens is 1. The molecule has 0 aliphatic rings. The van der Waals surface area contributed by atoms with Crippen LogP contribution in [-0.2, 0) is 32.6 Å². The van der Waals surface area contributed by atoms with Gasteiger partial charge in [0.25, 0.3) is 10.0 Å². The van der Waals surface area contributed by atoms with Crippen molar-refractivity contribution in [2.24, 2.45) is 0 Å². The Morgan fingerprint density at radius 1 is 0.840 bits per heavy atom. The standard InChI is InChI=1S/C38H44BrN3O7S/c1-7-49-31-19-17-30(18-20-31)42(50(45,46)32-21-22-34(47-5)35(24-32)48-6)26-36(43)41(25-28-13-15-29(39)16-14-28)33(37(44)40-38(2,3)4)23-27-11-9-8-10-12-27/h8-22,24,33H,7,23,25-26H2,1-6H3,(H,40,44)/t33-/m1/s1. The molecule has 0 aliphatic carbocycles. The lowest BCUT2D eigenvalue weighted by molar-refractivity contribution is -0.140. The molecule has 266 valence electrons. The third-order valence-electron chi connectivity index (χ3n) is 7.69. The lowest BCUT2D eigenvalue weighted by Crippen LogP contribution is -2.56. The zero-order valence-electron chi connectivity index (χ0n) is 29.2. The van der Waals surface area contributed by atoms with Crippen LogP contribution in [0.15, 0.2) is 106 Å². The van der Waals surface area contributed by atoms with Crippen molar-refractivity contribution in [1.82, 2.24) is 10.2 Å². The van der Waals surface area contributed by atoms with E-state index in [1.165, 1.54) is 37.3 Å². The maximum atomic E-state index is 14.7. The highest BCUT2D eigenvalue weighted by atomic mass is 79.9. The first-order valence-corrected chi connectivity index (χ1v) is 18.4. The molecular weight excluding hydrogens is 722 g/mol. The van der Waals surface area contributed by atoms with Crippen LogP contribution in [0.2, 0.25) is 0 Å². The molecule has 0 unspecified atom stereocenters. The van der Waals surface area contributed by atoms with Gasteiger partial charge in [-0.15, -0.1) is 0 Å². The molecule has 2 amide bonds. The van der Waals surface area contributed by atoms with Crippen LogP contribution >= 0.6 is 15.9 Å². The average molecular weight is 767 g/mol. The van der Waals surface area contributed by atoms with E-state index in [0.717, 1.165) is 19.9 Å². The number of nitrogens with one attached hydrogen (secondary N) is 1. The second-order valence-corrected chi connectivity index (χ2v) is 15.3. The highest BCUT2D eigenvalue weighted by molar-refractivity contribution is 9.10. The lowest BCUT2D eigenvalue weighted by atomic mass is 10.0. The first-order valence-electron chi connectivity index (χ1n) is 16.1. The molecule has 0 spiro atoms. The molecule has 0 fully saturated rings. The third-order valence-corrected chi connectivity index (χ3v) is 9.99. The summed E-state index contributed by atoms with van der Waals surface area (Å²) in [5, 5.41) is 3.04. The third kappa shape index (κ3) is 10.0. The number of amides is 2. The van der Waals surface area contributed by atoms with Gasteiger partial charge in [-0.05, 0) is 87.4 Å². The Hall–Kier alpha value is -4.55. The van der Waals surface area contributed by atoms with E-state index in [1.54, 1.807) is 24.3 Å². The highest BCUT2D eigenvalue weighted by Crippen LogP contribution is 2.33. The largest absolute Gasteiger partial charge is 0.494 e. The second kappa shape index (κ2) is 16.9. The fourth-order valence-corrected chi connectivity index (χ4v) is 7.00. The van der Waals surface area contributed by atoms with E-state index in [1.807, 2.05) is 82.3 Å². The molecule has 1 N–H and O–H groups in total. The van der Waals surface area contributed by atoms with Gasteiger partial charge in [0.2, 0.25) is 11.8 Å². The van der Waals surface area contributed by atoms with Gasteiger partial charge in [-0.2, -0.15) is 0 Å². The van der Waals surface area contributed by atoms with Gasteiger partial charge in [0, 0.05) is 29.0 Å². The van der Waals surface area contributed by atoms with Crippen LogP contribution in [0, 0.1) is 0 Å². The second-order valence-electron chi connectivity index (χ2n) is 12.5. The average Bonchev–Trinajstić information content (AvgIpc) is 3.09. The van der Waals surface area contributed by atoms with Crippen LogP contribution in [0.5, 0.6) is 17.2 Å². The number of ether oxygens (including phenoxy) is 3. The number of hydrogen-bond acceptors (Lipinski definition) is 7. The van der Waals surface area contributed by atoms with Crippen molar-refractivity contribution in [2.45, 2.75) is 57.1 Å². The number of hydrogen-bond donors (Lipinski definition) is 1. The van der Waals surface area contributed by atoms with Crippen LogP contribution in [0.4, 0.5) is 5.69 Å². The van der Waals surface area contributed by atoms with Gasteiger partial charge in [-0.25, -0.2) is 8.42 Å². The van der Waals surface area contributed by atoms with Gasteiger partial charge >= 0.3 is 0 Å². The van der Waals surface area contributed by atoms with Crippen molar-refractivity contribution in [3.63, 3.8) is 0 Å². The summed E-state index contributed by atoms with van der Waals surface area (Å²) in [7, 11) is -1.50. The smallest absolute Gasteiger partial charge is 0.264 e. The minimum absolute atomic E-state index is 0.0503. The number of nitrogens with zero attached hydrogens (tertiary/aromatic N) is 2. The van der Waals surface area contributed by atoms with Crippen molar-refractivity contribution in [1.29, 1.82) is 0 Å². The summed E-state index contributed by atoms with van der Waals surface area (Å²) in [6.45, 7) is 7.33. The van der Waals surface area contributed by atoms with Crippen LogP contribution in [-0.4, -0.2) is 64.1 Å². The van der Waals surface area contributed by atoms with E-state index in [-0.39, 0.29) is 35.2 Å². The lowest BCUT2D eigenvalue weighted by Gasteiger charge is -2.35. The maximum absolute atomic E-state index is 14.7. The molecule has 0 saturated heterocycles. The van der Waals surface area contributed by atoms with Gasteiger partial charge < -0.3 is 24.4 Å². The Labute approximate surface area is 303 Å². The molecular formula is C38H44BrN3O7S. The fraction of sp³-hybridized carbons (Fsp3) is 0.316. The Morgan fingerprint density at radius 2 is 1.48 bits per heavy atom. The molecule has 4 aromatic carbocycles. The zero-order valence-corrected chi connectivity index (χ0v) is 31.6. The molecule has 0 bridgehead atoms. The molecule has 0 radical (unpaired) electrons. The maximum Gasteiger partial charge on any atom is 0.264 e. The van der Waals surface area contributed by atoms with Gasteiger partial charge in [-0.3, -0.25) is 13.9 Å². The fourth-order valence-electron chi connectivity index (χ4n) is 5.30. The molecule has 0 aromatic heterocycles. The predicted octanol–water partition coefficient (Wildman–Crippen LogP) is 6.62. The number of sulfonamides is 1. The Morgan fingerprint density at radius 3 is 2.06 bits per heavy atom. The number of carbonyl (C=O) groups is 2. The van der Waals surface area contributed by atoms with E-state index in [2.05, 4.69) is 21.2 Å². The van der Waals surface area contributed by atoms with Crippen molar-refractivity contribution in [3.05, 3.63) is 113 Å². The van der Waals surface area contributed by atoms with Gasteiger partial charge in [0.05, 0.1) is 31.4 Å². The number of benzene rings is 4. The minimum atomic E-state index is -4.37. The SMILES string of the molecule is CCOc1ccc(N(CC(=O)N(Cc2ccc(Br)cc2)[C@H](Cc2ccccc2)C(=O)NC(C)(C)C)S(=O)(=O)c2ccc(OC)c(OC)c2)cc1.